The third-order valence-corrected chi connectivity index (χ3v) is 8.29. The Balaban J connectivity index is 1.56. The van der Waals surface area contributed by atoms with Gasteiger partial charge in [-0.1, -0.05) is 19.8 Å². The first kappa shape index (κ1) is 31.0. The molecule has 13 heteroatoms. The second-order valence-electron chi connectivity index (χ2n) is 10.9. The van der Waals surface area contributed by atoms with Crippen LogP contribution in [0.25, 0.3) is 0 Å². The van der Waals surface area contributed by atoms with Gasteiger partial charge in [0.25, 0.3) is 0 Å². The number of carboxylic acid groups (broad SMARTS) is 1. The smallest absolute Gasteiger partial charge is 0.332 e. The predicted octanol–water partition coefficient (Wildman–Crippen LogP) is -0.456. The minimum atomic E-state index is -1.46. The Hall–Kier alpha value is -0.970. The third-order valence-electron chi connectivity index (χ3n) is 8.29. The molecule has 4 rings (SSSR count). The fourth-order valence-electron chi connectivity index (χ4n) is 6.01. The first-order valence-electron chi connectivity index (χ1n) is 14.0. The molecule has 3 saturated heterocycles. The molecule has 226 valence electrons. The standard InChI is InChI=1S/C26H44O13/c1-4-13-7-5-8-14(21(13)39-25-20(30)19(29)17(27)12(2)35-25)37-26-23-22(18(28)16(38-26)11-33-3)36-15(24(31)32)9-6-10-34-23/h12-23,25-30H,4-11H2,1-3H3,(H,31,32)/t12?,13-,14-,15-,16?,17-,18+,19?,20+,21?,22?,23?,25+,26-/m1/s1. The number of hydrogen-bond donors (Lipinski definition) is 5. The zero-order chi connectivity index (χ0) is 28.3. The molecule has 5 N–H and O–H groups in total. The Kier molecular flexibility index (Phi) is 11.0. The van der Waals surface area contributed by atoms with Gasteiger partial charge in [0.2, 0.25) is 0 Å². The summed E-state index contributed by atoms with van der Waals surface area (Å²) in [5.74, 6) is -1.07. The van der Waals surface area contributed by atoms with Crippen LogP contribution < -0.4 is 0 Å². The molecule has 0 aromatic carbocycles. The molecular formula is C26H44O13. The van der Waals surface area contributed by atoms with E-state index in [1.54, 1.807) is 6.92 Å². The van der Waals surface area contributed by atoms with Crippen LogP contribution in [0.4, 0.5) is 0 Å². The Morgan fingerprint density at radius 1 is 0.872 bits per heavy atom. The van der Waals surface area contributed by atoms with E-state index >= 15 is 0 Å². The van der Waals surface area contributed by atoms with Crippen molar-refractivity contribution in [2.75, 3.05) is 20.3 Å². The summed E-state index contributed by atoms with van der Waals surface area (Å²) in [6.07, 6.45) is -9.55. The molecule has 0 bridgehead atoms. The number of rotatable bonds is 8. The molecule has 0 spiro atoms. The van der Waals surface area contributed by atoms with Gasteiger partial charge in [-0.2, -0.15) is 0 Å². The van der Waals surface area contributed by atoms with Gasteiger partial charge in [0, 0.05) is 13.7 Å². The fraction of sp³-hybridized carbons (Fsp3) is 0.962. The second-order valence-corrected chi connectivity index (χ2v) is 10.9. The highest BCUT2D eigenvalue weighted by molar-refractivity contribution is 5.72. The third kappa shape index (κ3) is 6.92. The number of methoxy groups -OCH3 is 1. The molecular weight excluding hydrogens is 520 g/mol. The summed E-state index contributed by atoms with van der Waals surface area (Å²) in [6, 6.07) is 0. The predicted molar refractivity (Wildman–Crippen MR) is 132 cm³/mol. The van der Waals surface area contributed by atoms with Crippen LogP contribution in [0, 0.1) is 5.92 Å². The summed E-state index contributed by atoms with van der Waals surface area (Å²) in [5, 5.41) is 51.6. The number of aliphatic hydroxyl groups excluding tert-OH is 4. The van der Waals surface area contributed by atoms with E-state index in [4.69, 9.17) is 33.2 Å². The highest BCUT2D eigenvalue weighted by atomic mass is 16.7. The topological polar surface area (TPSA) is 183 Å². The van der Waals surface area contributed by atoms with Crippen LogP contribution in [-0.2, 0) is 38.0 Å². The van der Waals surface area contributed by atoms with Gasteiger partial charge in [0.15, 0.2) is 18.7 Å². The number of aliphatic hydroxyl groups is 4. The number of hydrogen-bond acceptors (Lipinski definition) is 12. The largest absolute Gasteiger partial charge is 0.479 e. The summed E-state index contributed by atoms with van der Waals surface area (Å²) >= 11 is 0. The van der Waals surface area contributed by atoms with E-state index in [-0.39, 0.29) is 25.6 Å². The molecule has 0 amide bonds. The van der Waals surface area contributed by atoms with Crippen molar-refractivity contribution < 1.29 is 63.5 Å². The molecule has 0 aromatic heterocycles. The molecule has 0 radical (unpaired) electrons. The van der Waals surface area contributed by atoms with Crippen molar-refractivity contribution in [1.29, 1.82) is 0 Å². The summed E-state index contributed by atoms with van der Waals surface area (Å²) in [5.41, 5.74) is 0. The van der Waals surface area contributed by atoms with Crippen molar-refractivity contribution in [2.45, 2.75) is 132 Å². The maximum atomic E-state index is 11.8. The van der Waals surface area contributed by atoms with Crippen LogP contribution in [0.2, 0.25) is 0 Å². The van der Waals surface area contributed by atoms with E-state index in [0.29, 0.717) is 12.8 Å². The van der Waals surface area contributed by atoms with Gasteiger partial charge in [-0.05, 0) is 38.5 Å². The number of aliphatic carboxylic acids is 1. The molecule has 13 nitrogen and oxygen atoms in total. The zero-order valence-electron chi connectivity index (χ0n) is 22.7. The van der Waals surface area contributed by atoms with E-state index in [1.807, 2.05) is 6.92 Å². The minimum Gasteiger partial charge on any atom is -0.479 e. The van der Waals surface area contributed by atoms with Crippen molar-refractivity contribution in [2.24, 2.45) is 5.92 Å². The summed E-state index contributed by atoms with van der Waals surface area (Å²) in [4.78, 5) is 11.8. The average Bonchev–Trinajstić information content (AvgIpc) is 2.89. The summed E-state index contributed by atoms with van der Waals surface area (Å²) < 4.78 is 41.7. The molecule has 3 heterocycles. The molecule has 3 aliphatic heterocycles. The summed E-state index contributed by atoms with van der Waals surface area (Å²) in [7, 11) is 1.46. The van der Waals surface area contributed by atoms with E-state index in [9.17, 15) is 30.3 Å². The van der Waals surface area contributed by atoms with Gasteiger partial charge in [-0.15, -0.1) is 0 Å². The van der Waals surface area contributed by atoms with Crippen LogP contribution in [0.5, 0.6) is 0 Å². The second kappa shape index (κ2) is 13.8. The van der Waals surface area contributed by atoms with Gasteiger partial charge in [-0.3, -0.25) is 0 Å². The van der Waals surface area contributed by atoms with Crippen LogP contribution in [0.1, 0.15) is 52.4 Å². The van der Waals surface area contributed by atoms with E-state index < -0.39 is 85.7 Å². The maximum absolute atomic E-state index is 11.8. The van der Waals surface area contributed by atoms with Crippen molar-refractivity contribution in [1.82, 2.24) is 0 Å². The quantitative estimate of drug-likeness (QED) is 0.256. The fourth-order valence-corrected chi connectivity index (χ4v) is 6.01. The molecule has 1 aliphatic carbocycles. The number of carboxylic acids is 1. The zero-order valence-corrected chi connectivity index (χ0v) is 22.7. The highest BCUT2D eigenvalue weighted by Crippen LogP contribution is 2.38. The van der Waals surface area contributed by atoms with Crippen LogP contribution in [0.15, 0.2) is 0 Å². The molecule has 1 saturated carbocycles. The number of carbonyl (C=O) groups is 1. The summed E-state index contributed by atoms with van der Waals surface area (Å²) in [6.45, 7) is 3.88. The Bertz CT molecular complexity index is 785. The first-order chi connectivity index (χ1) is 18.7. The van der Waals surface area contributed by atoms with Crippen molar-refractivity contribution in [3.8, 4) is 0 Å². The van der Waals surface area contributed by atoms with Crippen LogP contribution in [0.3, 0.4) is 0 Å². The van der Waals surface area contributed by atoms with E-state index in [2.05, 4.69) is 0 Å². The maximum Gasteiger partial charge on any atom is 0.332 e. The van der Waals surface area contributed by atoms with Crippen LogP contribution >= 0.6 is 0 Å². The van der Waals surface area contributed by atoms with Gasteiger partial charge >= 0.3 is 5.97 Å². The molecule has 14 atom stereocenters. The van der Waals surface area contributed by atoms with Gasteiger partial charge in [-0.25, -0.2) is 4.79 Å². The van der Waals surface area contributed by atoms with E-state index in [1.165, 1.54) is 7.11 Å². The Morgan fingerprint density at radius 2 is 1.64 bits per heavy atom. The normalized spacial score (nSPS) is 47.6. The molecule has 6 unspecified atom stereocenters. The van der Waals surface area contributed by atoms with Crippen molar-refractivity contribution >= 4 is 5.97 Å². The molecule has 4 aliphatic rings. The van der Waals surface area contributed by atoms with Crippen molar-refractivity contribution in [3.63, 3.8) is 0 Å². The molecule has 39 heavy (non-hydrogen) atoms. The van der Waals surface area contributed by atoms with Gasteiger partial charge in [0.1, 0.15) is 42.7 Å². The Morgan fingerprint density at radius 3 is 2.33 bits per heavy atom. The van der Waals surface area contributed by atoms with E-state index in [0.717, 1.165) is 19.3 Å². The monoisotopic (exact) mass is 564 g/mol. The average molecular weight is 565 g/mol. The number of fused-ring (bicyclic) bond motifs is 1. The first-order valence-corrected chi connectivity index (χ1v) is 14.0. The van der Waals surface area contributed by atoms with Crippen LogP contribution in [-0.4, -0.2) is 132 Å². The molecule has 4 fully saturated rings. The SMILES string of the molecule is CC[C@@H]1CCC[C@@H](O[C@@H]2OC(COC)[C@H](O)C3O[C@@H](C(=O)O)CCCOC32)C1O[C@@H]1OC(C)[C@@H](O)C(O)[C@@H]1O. The van der Waals surface area contributed by atoms with Gasteiger partial charge in [0.05, 0.1) is 24.9 Å². The van der Waals surface area contributed by atoms with Gasteiger partial charge < -0.3 is 58.7 Å². The lowest BCUT2D eigenvalue weighted by molar-refractivity contribution is -0.355. The lowest BCUT2D eigenvalue weighted by Crippen LogP contribution is -2.64. The van der Waals surface area contributed by atoms with Crippen molar-refractivity contribution in [3.05, 3.63) is 0 Å². The number of ether oxygens (including phenoxy) is 7. The lowest BCUT2D eigenvalue weighted by Gasteiger charge is -2.48. The lowest BCUT2D eigenvalue weighted by atomic mass is 9.82. The molecule has 0 aromatic rings. The minimum absolute atomic E-state index is 0.0216. The highest BCUT2D eigenvalue weighted by Gasteiger charge is 2.52. The Labute approximate surface area is 228 Å².